The van der Waals surface area contributed by atoms with Crippen LogP contribution in [0.1, 0.15) is 24.5 Å². The standard InChI is InChI=1S/C23H23N3OS/c1-23(12-13-28-22(24)26-23)18-9-5-10-19(15-18)25-21(27)14-17-8-4-7-16-6-2-3-11-20(16)17/h2-11,15H,12-14H2,1H3,(H2,24,26)(H,25,27). The molecule has 1 aliphatic heterocycles. The highest BCUT2D eigenvalue weighted by Gasteiger charge is 2.29. The number of amides is 1. The van der Waals surface area contributed by atoms with Gasteiger partial charge in [-0.05, 0) is 47.4 Å². The summed E-state index contributed by atoms with van der Waals surface area (Å²) in [4.78, 5) is 17.3. The predicted octanol–water partition coefficient (Wildman–Crippen LogP) is 4.69. The highest BCUT2D eigenvalue weighted by Crippen LogP contribution is 2.35. The van der Waals surface area contributed by atoms with Crippen LogP contribution in [0.3, 0.4) is 0 Å². The van der Waals surface area contributed by atoms with Gasteiger partial charge in [-0.1, -0.05) is 66.4 Å². The van der Waals surface area contributed by atoms with E-state index in [0.29, 0.717) is 11.6 Å². The molecular weight excluding hydrogens is 366 g/mol. The average molecular weight is 390 g/mol. The van der Waals surface area contributed by atoms with Crippen LogP contribution in [0, 0.1) is 0 Å². The highest BCUT2D eigenvalue weighted by molar-refractivity contribution is 8.13. The minimum atomic E-state index is -0.342. The van der Waals surface area contributed by atoms with E-state index in [1.807, 2.05) is 48.5 Å². The summed E-state index contributed by atoms with van der Waals surface area (Å²) in [6, 6.07) is 22.1. The fourth-order valence-corrected chi connectivity index (χ4v) is 4.63. The minimum absolute atomic E-state index is 0.0270. The van der Waals surface area contributed by atoms with Crippen LogP contribution in [-0.4, -0.2) is 16.8 Å². The maximum absolute atomic E-state index is 12.7. The molecule has 0 radical (unpaired) electrons. The first-order valence-electron chi connectivity index (χ1n) is 9.39. The summed E-state index contributed by atoms with van der Waals surface area (Å²) in [5.41, 5.74) is 8.48. The van der Waals surface area contributed by atoms with Crippen molar-refractivity contribution in [1.82, 2.24) is 0 Å². The molecule has 3 aromatic carbocycles. The lowest BCUT2D eigenvalue weighted by molar-refractivity contribution is -0.115. The second-order valence-corrected chi connectivity index (χ2v) is 8.38. The van der Waals surface area contributed by atoms with Gasteiger partial charge in [0.1, 0.15) is 0 Å². The Labute approximate surface area is 169 Å². The maximum Gasteiger partial charge on any atom is 0.228 e. The topological polar surface area (TPSA) is 67.5 Å². The summed E-state index contributed by atoms with van der Waals surface area (Å²) in [7, 11) is 0. The number of carbonyl (C=O) groups excluding carboxylic acids is 1. The molecule has 0 aliphatic carbocycles. The van der Waals surface area contributed by atoms with Crippen LogP contribution < -0.4 is 11.1 Å². The van der Waals surface area contributed by atoms with Crippen molar-refractivity contribution in [1.29, 1.82) is 0 Å². The molecule has 0 spiro atoms. The lowest BCUT2D eigenvalue weighted by Gasteiger charge is -2.30. The number of rotatable bonds is 4. The number of aliphatic imine (C=N–C) groups is 1. The lowest BCUT2D eigenvalue weighted by atomic mass is 9.89. The van der Waals surface area contributed by atoms with Gasteiger partial charge in [0.05, 0.1) is 12.0 Å². The van der Waals surface area contributed by atoms with Crippen molar-refractivity contribution in [3.63, 3.8) is 0 Å². The fraction of sp³-hybridized carbons (Fsp3) is 0.217. The van der Waals surface area contributed by atoms with Gasteiger partial charge in [-0.2, -0.15) is 0 Å². The molecule has 1 heterocycles. The van der Waals surface area contributed by atoms with E-state index in [4.69, 9.17) is 5.73 Å². The zero-order valence-corrected chi connectivity index (χ0v) is 16.6. The van der Waals surface area contributed by atoms with Crippen molar-refractivity contribution < 1.29 is 4.79 Å². The SMILES string of the molecule is CC1(c2cccc(NC(=O)Cc3cccc4ccccc34)c2)CCSC(N)=N1. The molecule has 1 aliphatic rings. The normalized spacial score (nSPS) is 19.2. The van der Waals surface area contributed by atoms with Crippen molar-refractivity contribution in [3.05, 3.63) is 77.9 Å². The van der Waals surface area contributed by atoms with Gasteiger partial charge >= 0.3 is 0 Å². The molecular formula is C23H23N3OS. The Bertz CT molecular complexity index is 1060. The smallest absolute Gasteiger partial charge is 0.228 e. The molecule has 0 fully saturated rings. The van der Waals surface area contributed by atoms with Crippen LogP contribution in [-0.2, 0) is 16.8 Å². The molecule has 28 heavy (non-hydrogen) atoms. The summed E-state index contributed by atoms with van der Waals surface area (Å²) < 4.78 is 0. The Kier molecular flexibility index (Phi) is 5.09. The van der Waals surface area contributed by atoms with Crippen molar-refractivity contribution in [3.8, 4) is 0 Å². The number of benzene rings is 3. The van der Waals surface area contributed by atoms with E-state index < -0.39 is 0 Å². The summed E-state index contributed by atoms with van der Waals surface area (Å²) in [5.74, 6) is 0.921. The van der Waals surface area contributed by atoms with Crippen molar-refractivity contribution in [2.24, 2.45) is 10.7 Å². The quantitative estimate of drug-likeness (QED) is 0.680. The Morgan fingerprint density at radius 2 is 1.93 bits per heavy atom. The van der Waals surface area contributed by atoms with Gasteiger partial charge in [0.2, 0.25) is 5.91 Å². The third kappa shape index (κ3) is 3.90. The molecule has 1 amide bonds. The number of fused-ring (bicyclic) bond motifs is 1. The van der Waals surface area contributed by atoms with Gasteiger partial charge in [0.25, 0.3) is 0 Å². The molecule has 0 bridgehead atoms. The Hall–Kier alpha value is -2.79. The van der Waals surface area contributed by atoms with Crippen LogP contribution in [0.4, 0.5) is 5.69 Å². The maximum atomic E-state index is 12.7. The molecule has 5 heteroatoms. The van der Waals surface area contributed by atoms with Gasteiger partial charge in [0.15, 0.2) is 5.17 Å². The van der Waals surface area contributed by atoms with E-state index in [2.05, 4.69) is 35.4 Å². The average Bonchev–Trinajstić information content (AvgIpc) is 2.68. The summed E-state index contributed by atoms with van der Waals surface area (Å²) in [6.45, 7) is 2.09. The number of thioether (sulfide) groups is 1. The third-order valence-corrected chi connectivity index (χ3v) is 5.99. The molecule has 3 N–H and O–H groups in total. The Morgan fingerprint density at radius 1 is 1.14 bits per heavy atom. The number of anilines is 1. The number of carbonyl (C=O) groups is 1. The number of hydrogen-bond donors (Lipinski definition) is 2. The van der Waals surface area contributed by atoms with E-state index in [9.17, 15) is 4.79 Å². The van der Waals surface area contributed by atoms with Gasteiger partial charge in [-0.25, -0.2) is 0 Å². The zero-order valence-electron chi connectivity index (χ0n) is 15.8. The van der Waals surface area contributed by atoms with Crippen molar-refractivity contribution >= 4 is 39.3 Å². The number of nitrogens with zero attached hydrogens (tertiary/aromatic N) is 1. The molecule has 142 valence electrons. The first-order valence-corrected chi connectivity index (χ1v) is 10.4. The number of nitrogens with two attached hydrogens (primary N) is 1. The van der Waals surface area contributed by atoms with Crippen LogP contribution in [0.25, 0.3) is 10.8 Å². The Morgan fingerprint density at radius 3 is 2.79 bits per heavy atom. The van der Waals surface area contributed by atoms with Crippen LogP contribution >= 0.6 is 11.8 Å². The summed E-state index contributed by atoms with van der Waals surface area (Å²) in [5, 5.41) is 5.93. The van der Waals surface area contributed by atoms with Gasteiger partial charge in [-0.15, -0.1) is 0 Å². The van der Waals surface area contributed by atoms with Gasteiger partial charge in [-0.3, -0.25) is 9.79 Å². The fourth-order valence-electron chi connectivity index (χ4n) is 3.65. The highest BCUT2D eigenvalue weighted by atomic mass is 32.2. The first kappa shape index (κ1) is 18.6. The third-order valence-electron chi connectivity index (χ3n) is 5.19. The van der Waals surface area contributed by atoms with Crippen molar-refractivity contribution in [2.45, 2.75) is 25.3 Å². The van der Waals surface area contributed by atoms with Gasteiger partial charge < -0.3 is 11.1 Å². The molecule has 4 rings (SSSR count). The largest absolute Gasteiger partial charge is 0.379 e. The van der Waals surface area contributed by atoms with E-state index in [1.54, 1.807) is 11.8 Å². The predicted molar refractivity (Wildman–Crippen MR) is 119 cm³/mol. The second kappa shape index (κ2) is 7.68. The van der Waals surface area contributed by atoms with Crippen LogP contribution in [0.5, 0.6) is 0 Å². The molecule has 0 saturated heterocycles. The van der Waals surface area contributed by atoms with E-state index in [0.717, 1.165) is 39.8 Å². The molecule has 0 aromatic heterocycles. The molecule has 1 atom stereocenters. The molecule has 1 unspecified atom stereocenters. The molecule has 4 nitrogen and oxygen atoms in total. The van der Waals surface area contributed by atoms with Crippen molar-refractivity contribution in [2.75, 3.05) is 11.1 Å². The number of amidine groups is 1. The van der Waals surface area contributed by atoms with Gasteiger partial charge in [0, 0.05) is 11.4 Å². The Balaban J connectivity index is 1.53. The molecule has 0 saturated carbocycles. The van der Waals surface area contributed by atoms with E-state index >= 15 is 0 Å². The molecule has 3 aromatic rings. The van der Waals surface area contributed by atoms with Crippen LogP contribution in [0.15, 0.2) is 71.7 Å². The first-order chi connectivity index (χ1) is 13.5. The zero-order chi connectivity index (χ0) is 19.6. The van der Waals surface area contributed by atoms with E-state index in [-0.39, 0.29) is 11.4 Å². The number of nitrogens with one attached hydrogen (secondary N) is 1. The monoisotopic (exact) mass is 389 g/mol. The van der Waals surface area contributed by atoms with E-state index in [1.165, 1.54) is 0 Å². The lowest BCUT2D eigenvalue weighted by Crippen LogP contribution is -2.28. The summed E-state index contributed by atoms with van der Waals surface area (Å²) in [6.07, 6.45) is 1.26. The number of hydrogen-bond acceptors (Lipinski definition) is 4. The second-order valence-electron chi connectivity index (χ2n) is 7.27. The minimum Gasteiger partial charge on any atom is -0.379 e. The van der Waals surface area contributed by atoms with Crippen LogP contribution in [0.2, 0.25) is 0 Å². The summed E-state index contributed by atoms with van der Waals surface area (Å²) >= 11 is 1.59.